The van der Waals surface area contributed by atoms with Gasteiger partial charge in [0.1, 0.15) is 11.5 Å². The van der Waals surface area contributed by atoms with Crippen LogP contribution in [0.1, 0.15) is 16.1 Å². The Balaban J connectivity index is 1.74. The van der Waals surface area contributed by atoms with Crippen molar-refractivity contribution in [3.8, 4) is 0 Å². The van der Waals surface area contributed by atoms with E-state index in [1.165, 1.54) is 18.2 Å². The van der Waals surface area contributed by atoms with Crippen LogP contribution < -0.4 is 5.32 Å². The van der Waals surface area contributed by atoms with Gasteiger partial charge in [-0.05, 0) is 68.9 Å². The number of amides is 1. The van der Waals surface area contributed by atoms with Crippen LogP contribution in [0.2, 0.25) is 0 Å². The fraction of sp³-hybridized carbons (Fsp3) is 0.0667. The van der Waals surface area contributed by atoms with Crippen LogP contribution >= 0.6 is 38.5 Å². The lowest BCUT2D eigenvalue weighted by atomic mass is 10.2. The Morgan fingerprint density at radius 1 is 1.32 bits per heavy atom. The molecule has 3 rings (SSSR count). The van der Waals surface area contributed by atoms with Gasteiger partial charge < -0.3 is 9.72 Å². The average Bonchev–Trinajstić information content (AvgIpc) is 2.86. The van der Waals surface area contributed by atoms with Gasteiger partial charge in [-0.15, -0.1) is 0 Å². The highest BCUT2D eigenvalue weighted by Gasteiger charge is 2.11. The van der Waals surface area contributed by atoms with Crippen molar-refractivity contribution in [3.63, 3.8) is 0 Å². The van der Waals surface area contributed by atoms with Crippen LogP contribution in [0.25, 0.3) is 5.65 Å². The number of carbonyl (C=O) groups excluding carboxylic acids is 1. The maximum absolute atomic E-state index is 13.1. The van der Waals surface area contributed by atoms with Gasteiger partial charge in [-0.1, -0.05) is 0 Å². The number of aromatic nitrogens is 2. The Morgan fingerprint density at radius 3 is 2.91 bits per heavy atom. The molecule has 0 atom stereocenters. The first-order chi connectivity index (χ1) is 10.5. The molecule has 0 aliphatic heterocycles. The summed E-state index contributed by atoms with van der Waals surface area (Å²) in [5.74, 6) is -0.602. The molecule has 1 aromatic carbocycles. The van der Waals surface area contributed by atoms with Gasteiger partial charge >= 0.3 is 0 Å². The number of imidazole rings is 1. The summed E-state index contributed by atoms with van der Waals surface area (Å²) in [6, 6.07) is 7.88. The third-order valence-electron chi connectivity index (χ3n) is 3.07. The molecule has 1 N–H and O–H groups in total. The van der Waals surface area contributed by atoms with Crippen molar-refractivity contribution in [3.05, 3.63) is 67.8 Å². The van der Waals surface area contributed by atoms with Crippen molar-refractivity contribution in [1.82, 2.24) is 14.7 Å². The predicted octanol–water partition coefficient (Wildman–Crippen LogP) is 3.77. The molecule has 0 saturated carbocycles. The summed E-state index contributed by atoms with van der Waals surface area (Å²) in [5.41, 5.74) is 2.01. The predicted molar refractivity (Wildman–Crippen MR) is 93.2 cm³/mol. The van der Waals surface area contributed by atoms with Gasteiger partial charge in [-0.2, -0.15) is 0 Å². The minimum absolute atomic E-state index is 0.248. The van der Waals surface area contributed by atoms with E-state index in [0.717, 1.165) is 15.8 Å². The number of fused-ring (bicyclic) bond motifs is 1. The summed E-state index contributed by atoms with van der Waals surface area (Å²) in [6.45, 7) is 0.311. The molecule has 0 fully saturated rings. The summed E-state index contributed by atoms with van der Waals surface area (Å²) >= 11 is 5.34. The third-order valence-corrected chi connectivity index (χ3v) is 4.43. The quantitative estimate of drug-likeness (QED) is 0.588. The molecular weight excluding hydrogens is 464 g/mol. The number of benzene rings is 1. The molecule has 0 bridgehead atoms. The number of hydrogen-bond acceptors (Lipinski definition) is 2. The first kappa shape index (κ1) is 15.4. The van der Waals surface area contributed by atoms with Gasteiger partial charge in [-0.3, -0.25) is 4.79 Å². The van der Waals surface area contributed by atoms with E-state index in [9.17, 15) is 9.18 Å². The first-order valence-electron chi connectivity index (χ1n) is 6.39. The summed E-state index contributed by atoms with van der Waals surface area (Å²) in [5, 5.41) is 2.80. The van der Waals surface area contributed by atoms with Gasteiger partial charge in [0, 0.05) is 20.4 Å². The number of carbonyl (C=O) groups is 1. The summed E-state index contributed by atoms with van der Waals surface area (Å²) in [6.07, 6.45) is 3.76. The lowest BCUT2D eigenvalue weighted by Gasteiger charge is -2.05. The largest absolute Gasteiger partial charge is 0.346 e. The lowest BCUT2D eigenvalue weighted by molar-refractivity contribution is 0.0949. The van der Waals surface area contributed by atoms with Crippen molar-refractivity contribution in [2.75, 3.05) is 0 Å². The fourth-order valence-electron chi connectivity index (χ4n) is 2.04. The molecule has 0 aliphatic rings. The zero-order valence-electron chi connectivity index (χ0n) is 11.2. The zero-order chi connectivity index (χ0) is 15.7. The normalized spacial score (nSPS) is 10.9. The Kier molecular flexibility index (Phi) is 4.44. The van der Waals surface area contributed by atoms with E-state index in [4.69, 9.17) is 0 Å². The fourth-order valence-corrected chi connectivity index (χ4v) is 3.12. The van der Waals surface area contributed by atoms with E-state index < -0.39 is 0 Å². The van der Waals surface area contributed by atoms with Gasteiger partial charge in [0.05, 0.1) is 17.8 Å². The van der Waals surface area contributed by atoms with Crippen LogP contribution in [0.4, 0.5) is 4.39 Å². The molecule has 7 heteroatoms. The number of nitrogens with one attached hydrogen (secondary N) is 1. The molecule has 0 unspecified atom stereocenters. The molecule has 22 heavy (non-hydrogen) atoms. The van der Waals surface area contributed by atoms with Gasteiger partial charge in [0.2, 0.25) is 0 Å². The molecule has 3 aromatic rings. The second-order valence-corrected chi connectivity index (χ2v) is 6.73. The standard InChI is InChI=1S/C15H10BrFIN3O/c16-9-1-4-14-20-11(8-21(14)7-9)6-19-15(22)12-3-2-10(17)5-13(12)18/h1-5,7-8H,6H2,(H,19,22). The van der Waals surface area contributed by atoms with E-state index in [-0.39, 0.29) is 11.7 Å². The highest BCUT2D eigenvalue weighted by Crippen LogP contribution is 2.15. The van der Waals surface area contributed by atoms with Crippen molar-refractivity contribution in [2.24, 2.45) is 0 Å². The molecule has 0 spiro atoms. The van der Waals surface area contributed by atoms with Crippen LogP contribution in [0.3, 0.4) is 0 Å². The van der Waals surface area contributed by atoms with Crippen LogP contribution in [0.5, 0.6) is 0 Å². The minimum Gasteiger partial charge on any atom is -0.346 e. The molecule has 0 radical (unpaired) electrons. The monoisotopic (exact) mass is 473 g/mol. The first-order valence-corrected chi connectivity index (χ1v) is 8.26. The Hall–Kier alpha value is -1.48. The highest BCUT2D eigenvalue weighted by molar-refractivity contribution is 14.1. The SMILES string of the molecule is O=C(NCc1cn2cc(Br)ccc2n1)c1ccc(F)cc1I. The van der Waals surface area contributed by atoms with Gasteiger partial charge in [0.15, 0.2) is 0 Å². The average molecular weight is 474 g/mol. The van der Waals surface area contributed by atoms with Gasteiger partial charge in [0.25, 0.3) is 5.91 Å². The molecule has 2 heterocycles. The molecule has 1 amide bonds. The van der Waals surface area contributed by atoms with E-state index in [0.29, 0.717) is 15.7 Å². The summed E-state index contributed by atoms with van der Waals surface area (Å²) in [7, 11) is 0. The second kappa shape index (κ2) is 6.33. The number of pyridine rings is 1. The number of rotatable bonds is 3. The van der Waals surface area contributed by atoms with Crippen molar-refractivity contribution < 1.29 is 9.18 Å². The maximum atomic E-state index is 13.1. The Morgan fingerprint density at radius 2 is 2.14 bits per heavy atom. The van der Waals surface area contributed by atoms with Crippen LogP contribution in [0, 0.1) is 9.39 Å². The van der Waals surface area contributed by atoms with E-state index >= 15 is 0 Å². The van der Waals surface area contributed by atoms with E-state index in [2.05, 4.69) is 26.2 Å². The van der Waals surface area contributed by atoms with Crippen molar-refractivity contribution in [2.45, 2.75) is 6.54 Å². The van der Waals surface area contributed by atoms with E-state index in [1.807, 2.05) is 51.5 Å². The van der Waals surface area contributed by atoms with Crippen LogP contribution in [0.15, 0.2) is 47.2 Å². The van der Waals surface area contributed by atoms with Crippen molar-refractivity contribution in [1.29, 1.82) is 0 Å². The maximum Gasteiger partial charge on any atom is 0.252 e. The summed E-state index contributed by atoms with van der Waals surface area (Å²) in [4.78, 5) is 16.6. The molecular formula is C15H10BrFIN3O. The number of halogens is 3. The molecule has 4 nitrogen and oxygen atoms in total. The smallest absolute Gasteiger partial charge is 0.252 e. The number of nitrogens with zero attached hydrogens (tertiary/aromatic N) is 2. The topological polar surface area (TPSA) is 46.4 Å². The minimum atomic E-state index is -0.355. The van der Waals surface area contributed by atoms with E-state index in [1.54, 1.807) is 0 Å². The van der Waals surface area contributed by atoms with Gasteiger partial charge in [-0.25, -0.2) is 9.37 Å². The molecule has 112 valence electrons. The molecule has 0 aliphatic carbocycles. The summed E-state index contributed by atoms with van der Waals surface area (Å²) < 4.78 is 16.5. The molecule has 0 saturated heterocycles. The number of hydrogen-bond donors (Lipinski definition) is 1. The highest BCUT2D eigenvalue weighted by atomic mass is 127. The van der Waals surface area contributed by atoms with Crippen LogP contribution in [-0.4, -0.2) is 15.3 Å². The third kappa shape index (κ3) is 3.30. The van der Waals surface area contributed by atoms with Crippen LogP contribution in [-0.2, 0) is 6.54 Å². The Bertz CT molecular complexity index is 865. The van der Waals surface area contributed by atoms with Crippen molar-refractivity contribution >= 4 is 50.1 Å². The second-order valence-electron chi connectivity index (χ2n) is 4.65. The zero-order valence-corrected chi connectivity index (χ0v) is 14.9. The Labute approximate surface area is 148 Å². The molecule has 2 aromatic heterocycles. The lowest BCUT2D eigenvalue weighted by Crippen LogP contribution is -2.23.